The number of anilines is 1. The van der Waals surface area contributed by atoms with Crippen molar-refractivity contribution in [3.63, 3.8) is 0 Å². The van der Waals surface area contributed by atoms with Crippen LogP contribution in [0.2, 0.25) is 0 Å². The largest absolute Gasteiger partial charge is 0.496 e. The van der Waals surface area contributed by atoms with E-state index in [9.17, 15) is 14.7 Å². The van der Waals surface area contributed by atoms with E-state index >= 15 is 0 Å². The number of hydrogen-bond donors (Lipinski definition) is 2. The Kier molecular flexibility index (Phi) is 8.18. The van der Waals surface area contributed by atoms with Crippen molar-refractivity contribution in [2.75, 3.05) is 39.1 Å². The summed E-state index contributed by atoms with van der Waals surface area (Å²) in [4.78, 5) is 26.6. The van der Waals surface area contributed by atoms with E-state index in [1.807, 2.05) is 13.8 Å². The average molecular weight is 445 g/mol. The van der Waals surface area contributed by atoms with Gasteiger partial charge in [0.05, 0.1) is 24.3 Å². The molecular weight excluding hydrogens is 408 g/mol. The van der Waals surface area contributed by atoms with Crippen molar-refractivity contribution in [3.8, 4) is 5.75 Å². The number of cyclic esters (lactones) is 1. The molecular formula is C25H36N2O5. The molecule has 2 aliphatic heterocycles. The average Bonchev–Trinajstić information content (AvgIpc) is 3.17. The number of carboxylic acid groups (broad SMARTS) is 1. The maximum Gasteiger partial charge on any atom is 0.341 e. The molecule has 1 atom stereocenters. The minimum Gasteiger partial charge on any atom is -0.496 e. The highest BCUT2D eigenvalue weighted by atomic mass is 16.5. The lowest BCUT2D eigenvalue weighted by Gasteiger charge is -2.27. The number of rotatable bonds is 10. The van der Waals surface area contributed by atoms with Crippen LogP contribution >= 0.6 is 0 Å². The minimum absolute atomic E-state index is 0.261. The molecule has 3 rings (SSSR count). The standard InChI is InChI=1S/C25H36N2O5/c1-16(14-18(24(28)29)10-13-27-11-6-5-7-12-27)8-9-19-22(26-3)21-20(15-32-25(21)30)17(2)23(19)31-4/h8,18,26H,5-7,9-15H2,1-4H3,(H,28,29)/b16-8+. The summed E-state index contributed by atoms with van der Waals surface area (Å²) in [6, 6.07) is 0. The Morgan fingerprint density at radius 3 is 2.66 bits per heavy atom. The van der Waals surface area contributed by atoms with Crippen molar-refractivity contribution in [3.05, 3.63) is 33.9 Å². The van der Waals surface area contributed by atoms with Crippen molar-refractivity contribution in [1.29, 1.82) is 0 Å². The van der Waals surface area contributed by atoms with E-state index in [2.05, 4.69) is 16.3 Å². The fourth-order valence-corrected chi connectivity index (χ4v) is 4.91. The molecule has 1 aromatic rings. The lowest BCUT2D eigenvalue weighted by atomic mass is 9.92. The van der Waals surface area contributed by atoms with Gasteiger partial charge in [-0.05, 0) is 71.1 Å². The number of methoxy groups -OCH3 is 1. The number of allylic oxidation sites excluding steroid dienone is 2. The number of carboxylic acids is 1. The topological polar surface area (TPSA) is 88.1 Å². The molecule has 2 N–H and O–H groups in total. The fraction of sp³-hybridized carbons (Fsp3) is 0.600. The summed E-state index contributed by atoms with van der Waals surface area (Å²) in [5.41, 5.74) is 5.01. The summed E-state index contributed by atoms with van der Waals surface area (Å²) < 4.78 is 11.0. The van der Waals surface area contributed by atoms with E-state index in [4.69, 9.17) is 9.47 Å². The molecule has 1 saturated heterocycles. The van der Waals surface area contributed by atoms with Crippen molar-refractivity contribution in [2.45, 2.75) is 59.0 Å². The van der Waals surface area contributed by atoms with Gasteiger partial charge in [0.2, 0.25) is 0 Å². The van der Waals surface area contributed by atoms with Crippen molar-refractivity contribution >= 4 is 17.6 Å². The predicted molar refractivity (Wildman–Crippen MR) is 125 cm³/mol. The third-order valence-corrected chi connectivity index (χ3v) is 6.74. The number of nitrogens with one attached hydrogen (secondary N) is 1. The molecule has 0 aliphatic carbocycles. The SMILES string of the molecule is CNc1c(C/C=C(\C)CC(CCN2CCCCC2)C(=O)O)c(OC)c(C)c2c1C(=O)OC2. The van der Waals surface area contributed by atoms with Gasteiger partial charge in [-0.2, -0.15) is 0 Å². The molecule has 0 bridgehead atoms. The summed E-state index contributed by atoms with van der Waals surface area (Å²) in [6.45, 7) is 7.18. The number of aliphatic carboxylic acids is 1. The number of esters is 1. The molecule has 176 valence electrons. The van der Waals surface area contributed by atoms with Gasteiger partial charge in [-0.3, -0.25) is 4.79 Å². The summed E-state index contributed by atoms with van der Waals surface area (Å²) >= 11 is 0. The molecule has 1 aromatic carbocycles. The van der Waals surface area contributed by atoms with Crippen molar-refractivity contribution in [1.82, 2.24) is 4.90 Å². The predicted octanol–water partition coefficient (Wildman–Crippen LogP) is 4.17. The Morgan fingerprint density at radius 2 is 2.03 bits per heavy atom. The highest BCUT2D eigenvalue weighted by Crippen LogP contribution is 2.41. The van der Waals surface area contributed by atoms with E-state index < -0.39 is 11.9 Å². The minimum atomic E-state index is -0.737. The van der Waals surface area contributed by atoms with E-state index in [0.29, 0.717) is 24.8 Å². The number of carbonyl (C=O) groups is 2. The zero-order valence-corrected chi connectivity index (χ0v) is 19.8. The summed E-state index contributed by atoms with van der Waals surface area (Å²) in [5, 5.41) is 12.9. The van der Waals surface area contributed by atoms with Gasteiger partial charge >= 0.3 is 11.9 Å². The lowest BCUT2D eigenvalue weighted by Crippen LogP contribution is -2.32. The third-order valence-electron chi connectivity index (χ3n) is 6.74. The second-order valence-electron chi connectivity index (χ2n) is 8.88. The fourth-order valence-electron chi connectivity index (χ4n) is 4.91. The number of piperidine rings is 1. The Bertz CT molecular complexity index is 887. The molecule has 0 aromatic heterocycles. The number of carbonyl (C=O) groups excluding carboxylic acids is 1. The number of fused-ring (bicyclic) bond motifs is 1. The number of ether oxygens (including phenoxy) is 2. The maximum absolute atomic E-state index is 12.3. The molecule has 7 nitrogen and oxygen atoms in total. The highest BCUT2D eigenvalue weighted by molar-refractivity contribution is 6.01. The van der Waals surface area contributed by atoms with Crippen molar-refractivity contribution < 1.29 is 24.2 Å². The van der Waals surface area contributed by atoms with Gasteiger partial charge in [0, 0.05) is 18.2 Å². The summed E-state index contributed by atoms with van der Waals surface area (Å²) in [6.07, 6.45) is 7.48. The summed E-state index contributed by atoms with van der Waals surface area (Å²) in [5.74, 6) is -0.703. The van der Waals surface area contributed by atoms with Crippen LogP contribution in [0.15, 0.2) is 11.6 Å². The van der Waals surface area contributed by atoms with Crippen LogP contribution < -0.4 is 10.1 Å². The molecule has 7 heteroatoms. The Labute approximate surface area is 190 Å². The normalized spacial score (nSPS) is 17.6. The number of hydrogen-bond acceptors (Lipinski definition) is 6. The van der Waals surface area contributed by atoms with Crippen LogP contribution in [0.4, 0.5) is 5.69 Å². The van der Waals surface area contributed by atoms with Crippen molar-refractivity contribution in [2.24, 2.45) is 5.92 Å². The summed E-state index contributed by atoms with van der Waals surface area (Å²) in [7, 11) is 3.42. The number of benzene rings is 1. The first-order valence-electron chi connectivity index (χ1n) is 11.5. The van der Waals surface area contributed by atoms with Crippen LogP contribution in [0.25, 0.3) is 0 Å². The van der Waals surface area contributed by atoms with E-state index in [1.54, 1.807) is 14.2 Å². The second-order valence-corrected chi connectivity index (χ2v) is 8.88. The first-order valence-corrected chi connectivity index (χ1v) is 11.5. The zero-order chi connectivity index (χ0) is 23.3. The van der Waals surface area contributed by atoms with Gasteiger partial charge < -0.3 is 24.8 Å². The molecule has 0 spiro atoms. The number of nitrogens with zero attached hydrogens (tertiary/aromatic N) is 1. The van der Waals surface area contributed by atoms with Gasteiger partial charge in [-0.1, -0.05) is 18.1 Å². The van der Waals surface area contributed by atoms with Crippen LogP contribution in [0.3, 0.4) is 0 Å². The number of likely N-dealkylation sites (tertiary alicyclic amines) is 1. The molecule has 0 saturated carbocycles. The highest BCUT2D eigenvalue weighted by Gasteiger charge is 2.31. The van der Waals surface area contributed by atoms with E-state index in [0.717, 1.165) is 53.3 Å². The lowest BCUT2D eigenvalue weighted by molar-refractivity contribution is -0.142. The first kappa shape index (κ1) is 24.1. The first-order chi connectivity index (χ1) is 15.4. The van der Waals surface area contributed by atoms with Crippen LogP contribution in [0.5, 0.6) is 5.75 Å². The molecule has 0 radical (unpaired) electrons. The second kappa shape index (κ2) is 10.9. The molecule has 1 fully saturated rings. The maximum atomic E-state index is 12.3. The monoisotopic (exact) mass is 444 g/mol. The van der Waals surface area contributed by atoms with Crippen LogP contribution in [-0.4, -0.2) is 55.7 Å². The van der Waals surface area contributed by atoms with Gasteiger partial charge in [-0.25, -0.2) is 4.79 Å². The molecule has 1 unspecified atom stereocenters. The third kappa shape index (κ3) is 5.26. The van der Waals surface area contributed by atoms with Gasteiger partial charge in [0.15, 0.2) is 0 Å². The van der Waals surface area contributed by atoms with Gasteiger partial charge in [0.25, 0.3) is 0 Å². The zero-order valence-electron chi connectivity index (χ0n) is 19.8. The molecule has 0 amide bonds. The Balaban J connectivity index is 1.75. The van der Waals surface area contributed by atoms with E-state index in [1.165, 1.54) is 19.3 Å². The van der Waals surface area contributed by atoms with E-state index in [-0.39, 0.29) is 12.6 Å². The molecule has 2 aliphatic rings. The Morgan fingerprint density at radius 1 is 1.31 bits per heavy atom. The van der Waals surface area contributed by atoms with Crippen LogP contribution in [0.1, 0.15) is 66.1 Å². The Hall–Kier alpha value is -2.54. The van der Waals surface area contributed by atoms with Crippen LogP contribution in [0, 0.1) is 12.8 Å². The van der Waals surface area contributed by atoms with Gasteiger partial charge in [0.1, 0.15) is 12.4 Å². The molecule has 2 heterocycles. The smallest absolute Gasteiger partial charge is 0.341 e. The van der Waals surface area contributed by atoms with Gasteiger partial charge in [-0.15, -0.1) is 0 Å². The molecule has 32 heavy (non-hydrogen) atoms. The quantitative estimate of drug-likeness (QED) is 0.414. The van der Waals surface area contributed by atoms with Crippen LogP contribution in [-0.2, 0) is 22.6 Å².